The Kier molecular flexibility index (Phi) is 3.86. The molecular formula is C13H23N3. The van der Waals surface area contributed by atoms with Gasteiger partial charge in [0.15, 0.2) is 0 Å². The second kappa shape index (κ2) is 5.37. The van der Waals surface area contributed by atoms with Crippen LogP contribution in [0.1, 0.15) is 56.7 Å². The molecule has 1 fully saturated rings. The minimum absolute atomic E-state index is 0.711. The minimum atomic E-state index is 0.711. The van der Waals surface area contributed by atoms with Crippen LogP contribution in [0.3, 0.4) is 0 Å². The van der Waals surface area contributed by atoms with Gasteiger partial charge in [0.05, 0.1) is 0 Å². The number of rotatable bonds is 5. The summed E-state index contributed by atoms with van der Waals surface area (Å²) in [6, 6.07) is 0. The lowest BCUT2D eigenvalue weighted by Crippen LogP contribution is -2.00. The summed E-state index contributed by atoms with van der Waals surface area (Å²) >= 11 is 0. The fourth-order valence-corrected chi connectivity index (χ4v) is 2.80. The Balaban J connectivity index is 1.92. The number of anilines is 1. The standard InChI is InChI=1S/C13H23N3/c1-2-5-11-12(15-16-13(11)14)9-8-10-6-3-4-7-10/h10H,2-9H2,1H3,(H3,14,15,16). The largest absolute Gasteiger partial charge is 0.382 e. The highest BCUT2D eigenvalue weighted by Gasteiger charge is 2.16. The van der Waals surface area contributed by atoms with Gasteiger partial charge in [-0.2, -0.15) is 5.10 Å². The van der Waals surface area contributed by atoms with Crippen LogP contribution in [-0.2, 0) is 12.8 Å². The van der Waals surface area contributed by atoms with Gasteiger partial charge in [-0.05, 0) is 25.2 Å². The Morgan fingerprint density at radius 3 is 2.75 bits per heavy atom. The smallest absolute Gasteiger partial charge is 0.148 e. The number of H-pyrrole nitrogens is 1. The minimum Gasteiger partial charge on any atom is -0.382 e. The van der Waals surface area contributed by atoms with Gasteiger partial charge < -0.3 is 5.73 Å². The number of aromatic nitrogens is 2. The summed E-state index contributed by atoms with van der Waals surface area (Å²) in [5.41, 5.74) is 8.42. The van der Waals surface area contributed by atoms with E-state index in [-0.39, 0.29) is 0 Å². The first-order valence-corrected chi connectivity index (χ1v) is 6.62. The molecule has 90 valence electrons. The highest BCUT2D eigenvalue weighted by atomic mass is 15.2. The van der Waals surface area contributed by atoms with E-state index in [0.717, 1.165) is 25.2 Å². The Morgan fingerprint density at radius 1 is 1.31 bits per heavy atom. The van der Waals surface area contributed by atoms with Gasteiger partial charge in [-0.15, -0.1) is 0 Å². The predicted octanol–water partition coefficient (Wildman–Crippen LogP) is 3.07. The van der Waals surface area contributed by atoms with Crippen molar-refractivity contribution in [2.45, 2.75) is 58.3 Å². The van der Waals surface area contributed by atoms with Crippen molar-refractivity contribution in [2.75, 3.05) is 5.73 Å². The summed E-state index contributed by atoms with van der Waals surface area (Å²) in [4.78, 5) is 0. The number of nitrogens with one attached hydrogen (secondary N) is 1. The topological polar surface area (TPSA) is 54.7 Å². The predicted molar refractivity (Wildman–Crippen MR) is 67.3 cm³/mol. The van der Waals surface area contributed by atoms with E-state index in [1.807, 2.05) is 0 Å². The molecule has 1 aromatic heterocycles. The number of hydrogen-bond donors (Lipinski definition) is 2. The van der Waals surface area contributed by atoms with Gasteiger partial charge in [0, 0.05) is 11.3 Å². The van der Waals surface area contributed by atoms with Gasteiger partial charge in [0.25, 0.3) is 0 Å². The third-order valence-corrected chi connectivity index (χ3v) is 3.76. The van der Waals surface area contributed by atoms with Gasteiger partial charge in [-0.25, -0.2) is 0 Å². The first-order chi connectivity index (χ1) is 7.81. The molecule has 0 aliphatic heterocycles. The first kappa shape index (κ1) is 11.5. The first-order valence-electron chi connectivity index (χ1n) is 6.62. The van der Waals surface area contributed by atoms with Gasteiger partial charge in [0.1, 0.15) is 5.82 Å². The Morgan fingerprint density at radius 2 is 2.06 bits per heavy atom. The molecular weight excluding hydrogens is 198 g/mol. The lowest BCUT2D eigenvalue weighted by Gasteiger charge is -2.08. The van der Waals surface area contributed by atoms with Crippen LogP contribution in [0.15, 0.2) is 0 Å². The van der Waals surface area contributed by atoms with Gasteiger partial charge >= 0.3 is 0 Å². The molecule has 1 aliphatic rings. The number of aryl methyl sites for hydroxylation is 1. The third kappa shape index (κ3) is 2.57. The summed E-state index contributed by atoms with van der Waals surface area (Å²) in [6.07, 6.45) is 10.3. The van der Waals surface area contributed by atoms with Crippen LogP contribution in [0.4, 0.5) is 5.82 Å². The molecule has 0 saturated heterocycles. The van der Waals surface area contributed by atoms with Crippen LogP contribution < -0.4 is 5.73 Å². The van der Waals surface area contributed by atoms with Gasteiger partial charge in [-0.1, -0.05) is 39.0 Å². The highest BCUT2D eigenvalue weighted by Crippen LogP contribution is 2.29. The lowest BCUT2D eigenvalue weighted by molar-refractivity contribution is 0.499. The summed E-state index contributed by atoms with van der Waals surface area (Å²) in [6.45, 7) is 2.19. The molecule has 0 aromatic carbocycles. The maximum Gasteiger partial charge on any atom is 0.148 e. The normalized spacial score (nSPS) is 17.1. The molecule has 16 heavy (non-hydrogen) atoms. The number of nitrogens with zero attached hydrogens (tertiary/aromatic N) is 1. The van der Waals surface area contributed by atoms with E-state index in [2.05, 4.69) is 17.1 Å². The Labute approximate surface area is 97.8 Å². The molecule has 0 unspecified atom stereocenters. The van der Waals surface area contributed by atoms with E-state index >= 15 is 0 Å². The van der Waals surface area contributed by atoms with Crippen LogP contribution in [-0.4, -0.2) is 10.2 Å². The summed E-state index contributed by atoms with van der Waals surface area (Å²) < 4.78 is 0. The van der Waals surface area contributed by atoms with Crippen molar-refractivity contribution in [3.63, 3.8) is 0 Å². The average molecular weight is 221 g/mol. The molecule has 2 rings (SSSR count). The molecule has 1 aromatic rings. The molecule has 0 spiro atoms. The summed E-state index contributed by atoms with van der Waals surface area (Å²) in [7, 11) is 0. The van der Waals surface area contributed by atoms with E-state index in [1.54, 1.807) is 0 Å². The van der Waals surface area contributed by atoms with Crippen molar-refractivity contribution < 1.29 is 0 Å². The number of hydrogen-bond acceptors (Lipinski definition) is 2. The van der Waals surface area contributed by atoms with Crippen molar-refractivity contribution in [1.82, 2.24) is 10.2 Å². The Hall–Kier alpha value is -0.990. The van der Waals surface area contributed by atoms with Crippen LogP contribution in [0, 0.1) is 5.92 Å². The maximum atomic E-state index is 5.87. The zero-order valence-corrected chi connectivity index (χ0v) is 10.3. The van der Waals surface area contributed by atoms with Crippen LogP contribution >= 0.6 is 0 Å². The quantitative estimate of drug-likeness (QED) is 0.803. The fourth-order valence-electron chi connectivity index (χ4n) is 2.80. The maximum absolute atomic E-state index is 5.87. The summed E-state index contributed by atoms with van der Waals surface area (Å²) in [5.74, 6) is 1.65. The highest BCUT2D eigenvalue weighted by molar-refractivity contribution is 5.42. The third-order valence-electron chi connectivity index (χ3n) is 3.76. The number of nitrogen functional groups attached to an aromatic ring is 1. The van der Waals surface area contributed by atoms with Crippen molar-refractivity contribution in [3.05, 3.63) is 11.3 Å². The van der Waals surface area contributed by atoms with Crippen molar-refractivity contribution in [3.8, 4) is 0 Å². The zero-order valence-electron chi connectivity index (χ0n) is 10.3. The van der Waals surface area contributed by atoms with Crippen molar-refractivity contribution >= 4 is 5.82 Å². The van der Waals surface area contributed by atoms with E-state index in [4.69, 9.17) is 5.73 Å². The molecule has 0 atom stereocenters. The molecule has 3 heteroatoms. The lowest BCUT2D eigenvalue weighted by atomic mass is 9.98. The molecule has 0 bridgehead atoms. The van der Waals surface area contributed by atoms with Crippen LogP contribution in [0.5, 0.6) is 0 Å². The van der Waals surface area contributed by atoms with Crippen LogP contribution in [0.2, 0.25) is 0 Å². The van der Waals surface area contributed by atoms with Crippen LogP contribution in [0.25, 0.3) is 0 Å². The Bertz CT molecular complexity index is 324. The number of nitrogens with two attached hydrogens (primary N) is 1. The summed E-state index contributed by atoms with van der Waals surface area (Å²) in [5, 5.41) is 7.24. The molecule has 3 N–H and O–H groups in total. The molecule has 1 saturated carbocycles. The molecule has 0 amide bonds. The van der Waals surface area contributed by atoms with Crippen molar-refractivity contribution in [1.29, 1.82) is 0 Å². The van der Waals surface area contributed by atoms with E-state index in [0.29, 0.717) is 5.82 Å². The fraction of sp³-hybridized carbons (Fsp3) is 0.769. The monoisotopic (exact) mass is 221 g/mol. The zero-order chi connectivity index (χ0) is 11.4. The molecule has 1 aliphatic carbocycles. The van der Waals surface area contributed by atoms with Gasteiger partial charge in [-0.3, -0.25) is 5.10 Å². The van der Waals surface area contributed by atoms with Crippen molar-refractivity contribution in [2.24, 2.45) is 5.92 Å². The SMILES string of the molecule is CCCc1c(N)n[nH]c1CCC1CCCC1. The second-order valence-corrected chi connectivity index (χ2v) is 5.01. The number of aromatic amines is 1. The van der Waals surface area contributed by atoms with E-state index in [9.17, 15) is 0 Å². The molecule has 0 radical (unpaired) electrons. The second-order valence-electron chi connectivity index (χ2n) is 5.01. The van der Waals surface area contributed by atoms with Gasteiger partial charge in [0.2, 0.25) is 0 Å². The van der Waals surface area contributed by atoms with E-state index < -0.39 is 0 Å². The molecule has 1 heterocycles. The average Bonchev–Trinajstić information content (AvgIpc) is 2.89. The van der Waals surface area contributed by atoms with E-state index in [1.165, 1.54) is 43.4 Å². The molecule has 3 nitrogen and oxygen atoms in total.